The molecule has 1 N–H and O–H groups in total. The molecule has 1 aromatic rings. The van der Waals surface area contributed by atoms with Crippen molar-refractivity contribution in [2.75, 3.05) is 31.5 Å². The molecule has 0 bridgehead atoms. The first-order chi connectivity index (χ1) is 9.76. The van der Waals surface area contributed by atoms with E-state index >= 15 is 0 Å². The first kappa shape index (κ1) is 14.4. The second-order valence-corrected chi connectivity index (χ2v) is 7.40. The van der Waals surface area contributed by atoms with E-state index in [9.17, 15) is 0 Å². The molecule has 0 unspecified atom stereocenters. The third kappa shape index (κ3) is 3.56. The van der Waals surface area contributed by atoms with E-state index in [2.05, 4.69) is 50.4 Å². The number of benzene rings is 1. The van der Waals surface area contributed by atoms with Crippen molar-refractivity contribution in [1.29, 1.82) is 0 Å². The number of rotatable bonds is 4. The molecule has 0 atom stereocenters. The molecule has 3 rings (SSSR count). The van der Waals surface area contributed by atoms with Crippen LogP contribution in [-0.4, -0.2) is 31.1 Å². The normalized spacial score (nSPS) is 22.2. The van der Waals surface area contributed by atoms with Crippen molar-refractivity contribution < 1.29 is 0 Å². The minimum absolute atomic E-state index is 0.746. The van der Waals surface area contributed by atoms with E-state index in [1.165, 1.54) is 63.8 Å². The number of anilines is 1. The monoisotopic (exact) mass is 336 g/mol. The summed E-state index contributed by atoms with van der Waals surface area (Å²) in [4.78, 5) is 2.63. The molecule has 0 amide bonds. The quantitative estimate of drug-likeness (QED) is 0.869. The molecule has 1 saturated heterocycles. The maximum atomic E-state index is 3.52. The van der Waals surface area contributed by atoms with Gasteiger partial charge in [0, 0.05) is 23.2 Å². The van der Waals surface area contributed by atoms with E-state index in [0.29, 0.717) is 0 Å². The van der Waals surface area contributed by atoms with Gasteiger partial charge in [-0.05, 0) is 68.5 Å². The number of hydrogen-bond acceptors (Lipinski definition) is 2. The minimum Gasteiger partial charge on any atom is -0.384 e. The van der Waals surface area contributed by atoms with Gasteiger partial charge in [0.05, 0.1) is 0 Å². The highest BCUT2D eigenvalue weighted by molar-refractivity contribution is 9.10. The molecule has 1 heterocycles. The third-order valence-corrected chi connectivity index (χ3v) is 5.71. The molecule has 1 saturated carbocycles. The highest BCUT2D eigenvalue weighted by Crippen LogP contribution is 2.45. The van der Waals surface area contributed by atoms with Gasteiger partial charge in [-0.25, -0.2) is 0 Å². The van der Waals surface area contributed by atoms with E-state index in [-0.39, 0.29) is 0 Å². The lowest BCUT2D eigenvalue weighted by Crippen LogP contribution is -2.40. The zero-order chi connectivity index (χ0) is 13.8. The molecule has 1 spiro atoms. The summed E-state index contributed by atoms with van der Waals surface area (Å²) in [6.45, 7) is 4.84. The van der Waals surface area contributed by atoms with Gasteiger partial charge in [0.25, 0.3) is 0 Å². The van der Waals surface area contributed by atoms with Gasteiger partial charge in [-0.1, -0.05) is 28.8 Å². The zero-order valence-corrected chi connectivity index (χ0v) is 13.8. The predicted molar refractivity (Wildman–Crippen MR) is 89.2 cm³/mol. The van der Waals surface area contributed by atoms with Crippen LogP contribution in [-0.2, 0) is 0 Å². The van der Waals surface area contributed by atoms with Crippen LogP contribution in [0.3, 0.4) is 0 Å². The highest BCUT2D eigenvalue weighted by Gasteiger charge is 2.36. The Morgan fingerprint density at radius 1 is 1.00 bits per heavy atom. The van der Waals surface area contributed by atoms with Crippen LogP contribution >= 0.6 is 15.9 Å². The topological polar surface area (TPSA) is 15.3 Å². The van der Waals surface area contributed by atoms with Crippen LogP contribution in [0.25, 0.3) is 0 Å². The Kier molecular flexibility index (Phi) is 4.67. The van der Waals surface area contributed by atoms with Gasteiger partial charge in [-0.2, -0.15) is 0 Å². The van der Waals surface area contributed by atoms with Gasteiger partial charge in [0.2, 0.25) is 0 Å². The first-order valence-electron chi connectivity index (χ1n) is 7.98. The van der Waals surface area contributed by atoms with Gasteiger partial charge < -0.3 is 10.2 Å². The Labute approximate surface area is 131 Å². The summed E-state index contributed by atoms with van der Waals surface area (Å²) in [5.74, 6) is 0. The molecule has 1 aromatic carbocycles. The maximum Gasteiger partial charge on any atom is 0.0341 e. The Balaban J connectivity index is 1.38. The Morgan fingerprint density at radius 3 is 2.30 bits per heavy atom. The van der Waals surface area contributed by atoms with Crippen LogP contribution in [0.5, 0.6) is 0 Å². The lowest BCUT2D eigenvalue weighted by atomic mass is 9.77. The smallest absolute Gasteiger partial charge is 0.0341 e. The van der Waals surface area contributed by atoms with Crippen LogP contribution < -0.4 is 5.32 Å². The summed E-state index contributed by atoms with van der Waals surface area (Å²) < 4.78 is 1.14. The van der Waals surface area contributed by atoms with Gasteiger partial charge in [0.15, 0.2) is 0 Å². The largest absolute Gasteiger partial charge is 0.384 e. The van der Waals surface area contributed by atoms with E-state index < -0.39 is 0 Å². The van der Waals surface area contributed by atoms with E-state index in [1.807, 2.05) is 0 Å². The number of likely N-dealkylation sites (tertiary alicyclic amines) is 1. The highest BCUT2D eigenvalue weighted by atomic mass is 79.9. The lowest BCUT2D eigenvalue weighted by molar-refractivity contribution is 0.112. The molecule has 3 heteroatoms. The third-order valence-electron chi connectivity index (χ3n) is 5.18. The van der Waals surface area contributed by atoms with Gasteiger partial charge in [-0.15, -0.1) is 0 Å². The molecule has 2 fully saturated rings. The van der Waals surface area contributed by atoms with Gasteiger partial charge >= 0.3 is 0 Å². The lowest BCUT2D eigenvalue weighted by Gasteiger charge is -2.39. The van der Waals surface area contributed by atoms with E-state index in [0.717, 1.165) is 16.4 Å². The fourth-order valence-corrected chi connectivity index (χ4v) is 4.07. The van der Waals surface area contributed by atoms with Crippen molar-refractivity contribution in [1.82, 2.24) is 4.90 Å². The fraction of sp³-hybridized carbons (Fsp3) is 0.647. The standard InChI is InChI=1S/C17H25BrN2/c18-15-3-5-16(6-4-15)19-11-14-20-12-9-17(10-13-20)7-1-2-8-17/h3-6,19H,1-2,7-14H2. The first-order valence-corrected chi connectivity index (χ1v) is 8.77. The fourth-order valence-electron chi connectivity index (χ4n) is 3.80. The van der Waals surface area contributed by atoms with Crippen LogP contribution in [0, 0.1) is 5.41 Å². The second kappa shape index (κ2) is 6.48. The number of halogens is 1. The molecule has 2 aliphatic rings. The van der Waals surface area contributed by atoms with Crippen molar-refractivity contribution in [3.8, 4) is 0 Å². The zero-order valence-electron chi connectivity index (χ0n) is 12.2. The number of nitrogens with zero attached hydrogens (tertiary/aromatic N) is 1. The molecular weight excluding hydrogens is 312 g/mol. The summed E-state index contributed by atoms with van der Waals surface area (Å²) in [6.07, 6.45) is 8.82. The number of piperidine rings is 1. The van der Waals surface area contributed by atoms with Gasteiger partial charge in [-0.3, -0.25) is 0 Å². The van der Waals surface area contributed by atoms with Gasteiger partial charge in [0.1, 0.15) is 0 Å². The molecule has 20 heavy (non-hydrogen) atoms. The van der Waals surface area contributed by atoms with Crippen molar-refractivity contribution >= 4 is 21.6 Å². The molecule has 2 nitrogen and oxygen atoms in total. The van der Waals surface area contributed by atoms with Crippen molar-refractivity contribution in [2.45, 2.75) is 38.5 Å². The summed E-state index contributed by atoms with van der Waals surface area (Å²) in [6, 6.07) is 8.45. The average molecular weight is 337 g/mol. The van der Waals surface area contributed by atoms with E-state index in [1.54, 1.807) is 0 Å². The molecule has 1 aliphatic carbocycles. The summed E-state index contributed by atoms with van der Waals surface area (Å²) in [5, 5.41) is 3.52. The van der Waals surface area contributed by atoms with E-state index in [4.69, 9.17) is 0 Å². The Morgan fingerprint density at radius 2 is 1.65 bits per heavy atom. The van der Waals surface area contributed by atoms with Crippen molar-refractivity contribution in [2.24, 2.45) is 5.41 Å². The van der Waals surface area contributed by atoms with Crippen molar-refractivity contribution in [3.05, 3.63) is 28.7 Å². The van der Waals surface area contributed by atoms with Crippen LogP contribution in [0.1, 0.15) is 38.5 Å². The van der Waals surface area contributed by atoms with Crippen molar-refractivity contribution in [3.63, 3.8) is 0 Å². The SMILES string of the molecule is Brc1ccc(NCCN2CCC3(CCCC3)CC2)cc1. The molecule has 0 aromatic heterocycles. The maximum absolute atomic E-state index is 3.52. The molecule has 110 valence electrons. The number of hydrogen-bond donors (Lipinski definition) is 1. The van der Waals surface area contributed by atoms with Crippen LogP contribution in [0.15, 0.2) is 28.7 Å². The average Bonchev–Trinajstić information content (AvgIpc) is 2.92. The second-order valence-electron chi connectivity index (χ2n) is 6.48. The minimum atomic E-state index is 0.746. The summed E-state index contributed by atoms with van der Waals surface area (Å²) >= 11 is 3.47. The Bertz CT molecular complexity index is 413. The molecule has 1 aliphatic heterocycles. The number of nitrogens with one attached hydrogen (secondary N) is 1. The van der Waals surface area contributed by atoms with Crippen LogP contribution in [0.2, 0.25) is 0 Å². The summed E-state index contributed by atoms with van der Waals surface area (Å²) in [5.41, 5.74) is 1.97. The molecule has 0 radical (unpaired) electrons. The van der Waals surface area contributed by atoms with Crippen LogP contribution in [0.4, 0.5) is 5.69 Å². The Hall–Kier alpha value is -0.540. The summed E-state index contributed by atoms with van der Waals surface area (Å²) in [7, 11) is 0. The predicted octanol–water partition coefficient (Wildman–Crippen LogP) is 4.52. The molecular formula is C17H25BrN2.